The molecule has 0 saturated carbocycles. The Labute approximate surface area is 187 Å². The molecule has 32 heavy (non-hydrogen) atoms. The summed E-state index contributed by atoms with van der Waals surface area (Å²) in [5.74, 6) is -1.63. The Bertz CT molecular complexity index is 955. The van der Waals surface area contributed by atoms with Gasteiger partial charge in [0.15, 0.2) is 0 Å². The number of aryl methyl sites for hydroxylation is 1. The molecule has 0 fully saturated rings. The molecule has 3 atom stereocenters. The number of fused-ring (bicyclic) bond motifs is 1. The van der Waals surface area contributed by atoms with Crippen LogP contribution in [0.25, 0.3) is 0 Å². The van der Waals surface area contributed by atoms with Crippen LogP contribution in [-0.2, 0) is 17.6 Å². The number of benzene rings is 2. The number of aliphatic hydroxyl groups is 1. The van der Waals surface area contributed by atoms with Gasteiger partial charge in [-0.3, -0.25) is 13.9 Å². The first-order chi connectivity index (χ1) is 15.1. The van der Waals surface area contributed by atoms with Crippen molar-refractivity contribution in [2.75, 3.05) is 12.3 Å². The predicted molar refractivity (Wildman–Crippen MR) is 119 cm³/mol. The molecule has 0 aliphatic carbocycles. The third kappa shape index (κ3) is 6.39. The van der Waals surface area contributed by atoms with Gasteiger partial charge in [0, 0.05) is 25.1 Å². The van der Waals surface area contributed by atoms with E-state index in [4.69, 9.17) is 4.18 Å². The second-order valence-corrected chi connectivity index (χ2v) is 9.61. The van der Waals surface area contributed by atoms with E-state index >= 15 is 0 Å². The lowest BCUT2D eigenvalue weighted by atomic mass is 9.99. The molecule has 176 valence electrons. The molecule has 3 rings (SSSR count). The Kier molecular flexibility index (Phi) is 7.73. The molecule has 0 aromatic heterocycles. The molecule has 7 nitrogen and oxygen atoms in total. The van der Waals surface area contributed by atoms with Crippen molar-refractivity contribution < 1.29 is 32.0 Å². The molecule has 2 aromatic carbocycles. The first-order valence-corrected chi connectivity index (χ1v) is 11.9. The first kappa shape index (κ1) is 24.4. The lowest BCUT2D eigenvalue weighted by Gasteiger charge is -2.38. The number of nitrogens with one attached hydrogen (secondary N) is 2. The van der Waals surface area contributed by atoms with Crippen LogP contribution in [0, 0.1) is 11.6 Å². The highest BCUT2D eigenvalue weighted by Gasteiger charge is 2.35. The Morgan fingerprint density at radius 3 is 2.50 bits per heavy atom. The van der Waals surface area contributed by atoms with Gasteiger partial charge in [0.2, 0.25) is 5.91 Å². The fraction of sp³-hybridized carbons (Fsp3) is 0.409. The average Bonchev–Trinajstić information content (AvgIpc) is 2.69. The zero-order valence-corrected chi connectivity index (χ0v) is 18.7. The lowest BCUT2D eigenvalue weighted by molar-refractivity contribution is -0.120. The Hall–Kier alpha value is -2.24. The van der Waals surface area contributed by atoms with E-state index < -0.39 is 46.6 Å². The van der Waals surface area contributed by atoms with Crippen molar-refractivity contribution in [3.05, 3.63) is 64.7 Å². The summed E-state index contributed by atoms with van der Waals surface area (Å²) in [6.45, 7) is 3.27. The van der Waals surface area contributed by atoms with Crippen molar-refractivity contribution in [2.45, 2.75) is 44.9 Å². The minimum Gasteiger partial charge on any atom is -0.403 e. The topological polar surface area (TPSA) is 111 Å². The van der Waals surface area contributed by atoms with Gasteiger partial charge in [-0.15, -0.1) is 0 Å². The summed E-state index contributed by atoms with van der Waals surface area (Å²) < 4.78 is 52.7. The molecule has 1 amide bonds. The number of carbonyl (C=O) groups excluding carboxylic acids is 1. The number of hydrogen-bond acceptors (Lipinski definition) is 6. The maximum Gasteiger partial charge on any atom is 0.217 e. The Morgan fingerprint density at radius 1 is 1.19 bits per heavy atom. The highest BCUT2D eigenvalue weighted by Crippen LogP contribution is 2.50. The van der Waals surface area contributed by atoms with Gasteiger partial charge in [-0.25, -0.2) is 8.78 Å². The molecule has 2 aromatic rings. The van der Waals surface area contributed by atoms with Gasteiger partial charge >= 0.3 is 0 Å². The summed E-state index contributed by atoms with van der Waals surface area (Å²) in [5, 5.41) is 16.5. The van der Waals surface area contributed by atoms with E-state index in [0.717, 1.165) is 35.7 Å². The summed E-state index contributed by atoms with van der Waals surface area (Å²) in [6, 6.07) is 7.16. The fourth-order valence-electron chi connectivity index (χ4n) is 3.75. The van der Waals surface area contributed by atoms with E-state index in [1.165, 1.54) is 6.92 Å². The van der Waals surface area contributed by atoms with Crippen LogP contribution in [0.5, 0.6) is 5.75 Å². The van der Waals surface area contributed by atoms with Crippen LogP contribution >= 0.6 is 10.9 Å². The van der Waals surface area contributed by atoms with Crippen molar-refractivity contribution in [1.29, 1.82) is 0 Å². The number of hydrogen-bond donors (Lipinski definition) is 5. The van der Waals surface area contributed by atoms with Gasteiger partial charge in [-0.2, -0.15) is 0 Å². The van der Waals surface area contributed by atoms with Gasteiger partial charge in [-0.05, 0) is 42.2 Å². The highest BCUT2D eigenvalue weighted by atomic mass is 32.3. The lowest BCUT2D eigenvalue weighted by Crippen LogP contribution is -2.49. The van der Waals surface area contributed by atoms with E-state index in [0.29, 0.717) is 11.3 Å². The minimum atomic E-state index is -3.31. The van der Waals surface area contributed by atoms with Crippen molar-refractivity contribution in [1.82, 2.24) is 10.6 Å². The van der Waals surface area contributed by atoms with Gasteiger partial charge in [-0.1, -0.05) is 19.1 Å². The predicted octanol–water partition coefficient (Wildman–Crippen LogP) is 3.32. The van der Waals surface area contributed by atoms with Crippen LogP contribution in [0.15, 0.2) is 36.4 Å². The summed E-state index contributed by atoms with van der Waals surface area (Å²) in [6.07, 6.45) is -0.322. The maximum atomic E-state index is 13.5. The molecular weight excluding hydrogens is 442 g/mol. The van der Waals surface area contributed by atoms with Crippen LogP contribution in [0.2, 0.25) is 0 Å². The summed E-state index contributed by atoms with van der Waals surface area (Å²) >= 11 is 0. The second-order valence-electron chi connectivity index (χ2n) is 7.90. The molecule has 1 unspecified atom stereocenters. The van der Waals surface area contributed by atoms with E-state index in [1.54, 1.807) is 6.07 Å². The summed E-state index contributed by atoms with van der Waals surface area (Å²) in [7, 11) is -3.31. The molecule has 1 aliphatic heterocycles. The zero-order chi connectivity index (χ0) is 23.5. The van der Waals surface area contributed by atoms with Crippen LogP contribution in [0.3, 0.4) is 0 Å². The first-order valence-electron chi connectivity index (χ1n) is 10.3. The van der Waals surface area contributed by atoms with Gasteiger partial charge < -0.3 is 19.9 Å². The highest BCUT2D eigenvalue weighted by molar-refractivity contribution is 8.20. The SMILES string of the molecule is CCc1ccc2c(c1)C(NC[C@H](O)[C@H](Cc1cc(F)cc(F)c1)NC(C)=O)CS(O)(O)O2. The standard InChI is InChI=1S/C22H28F2N2O5S/c1-3-14-4-5-22-18(8-14)20(12-32(29,30)31-22)25-11-21(28)19(26-13(2)27)9-15-6-16(23)10-17(24)7-15/h4-8,10,19-21,25,28-30H,3,9,11-12H2,1-2H3,(H,26,27)/t19-,20?,21-/m0/s1. The molecule has 0 bridgehead atoms. The van der Waals surface area contributed by atoms with E-state index in [-0.39, 0.29) is 18.7 Å². The maximum absolute atomic E-state index is 13.5. The van der Waals surface area contributed by atoms with Gasteiger partial charge in [0.1, 0.15) is 28.3 Å². The third-order valence-corrected chi connectivity index (χ3v) is 6.48. The number of aliphatic hydroxyl groups excluding tert-OH is 1. The van der Waals surface area contributed by atoms with E-state index in [2.05, 4.69) is 10.6 Å². The van der Waals surface area contributed by atoms with Gasteiger partial charge in [0.05, 0.1) is 23.9 Å². The molecular formula is C22H28F2N2O5S. The minimum absolute atomic E-state index is 0.0106. The molecule has 0 radical (unpaired) electrons. The third-order valence-electron chi connectivity index (χ3n) is 5.27. The number of carbonyl (C=O) groups is 1. The Balaban J connectivity index is 1.75. The fourth-order valence-corrected chi connectivity index (χ4v) is 4.99. The number of rotatable bonds is 8. The Morgan fingerprint density at radius 2 is 1.88 bits per heavy atom. The zero-order valence-electron chi connectivity index (χ0n) is 17.8. The monoisotopic (exact) mass is 470 g/mol. The molecule has 1 heterocycles. The van der Waals surface area contributed by atoms with Crippen LogP contribution in [-0.4, -0.2) is 44.6 Å². The molecule has 10 heteroatoms. The summed E-state index contributed by atoms with van der Waals surface area (Å²) in [4.78, 5) is 11.6. The van der Waals surface area contributed by atoms with Gasteiger partial charge in [0.25, 0.3) is 0 Å². The van der Waals surface area contributed by atoms with Crippen molar-refractivity contribution in [3.63, 3.8) is 0 Å². The van der Waals surface area contributed by atoms with Crippen molar-refractivity contribution >= 4 is 16.8 Å². The molecule has 5 N–H and O–H groups in total. The number of halogens is 2. The quantitative estimate of drug-likeness (QED) is 0.405. The van der Waals surface area contributed by atoms with Crippen LogP contribution in [0.4, 0.5) is 8.78 Å². The normalized spacial score (nSPS) is 19.9. The van der Waals surface area contributed by atoms with E-state index in [1.807, 2.05) is 19.1 Å². The van der Waals surface area contributed by atoms with Crippen molar-refractivity contribution in [2.24, 2.45) is 0 Å². The summed E-state index contributed by atoms with van der Waals surface area (Å²) in [5.41, 5.74) is 2.08. The second kappa shape index (κ2) is 10.1. The number of amides is 1. The van der Waals surface area contributed by atoms with Crippen LogP contribution < -0.4 is 14.8 Å². The van der Waals surface area contributed by atoms with Crippen molar-refractivity contribution in [3.8, 4) is 5.75 Å². The largest absolute Gasteiger partial charge is 0.403 e. The molecule has 1 aliphatic rings. The molecule has 0 spiro atoms. The smallest absolute Gasteiger partial charge is 0.217 e. The average molecular weight is 471 g/mol. The van der Waals surface area contributed by atoms with Crippen LogP contribution in [0.1, 0.15) is 36.6 Å². The molecule has 0 saturated heterocycles. The van der Waals surface area contributed by atoms with E-state index in [9.17, 15) is 27.8 Å².